The lowest BCUT2D eigenvalue weighted by molar-refractivity contribution is -0.137. The third-order valence-corrected chi connectivity index (χ3v) is 7.09. The van der Waals surface area contributed by atoms with E-state index in [0.717, 1.165) is 12.1 Å². The molecule has 4 aromatic rings. The van der Waals surface area contributed by atoms with Gasteiger partial charge in [-0.3, -0.25) is 9.59 Å². The van der Waals surface area contributed by atoms with Crippen LogP contribution in [0.25, 0.3) is 5.52 Å². The van der Waals surface area contributed by atoms with E-state index >= 15 is 0 Å². The summed E-state index contributed by atoms with van der Waals surface area (Å²) < 4.78 is 72.0. The largest absolute Gasteiger partial charge is 0.435 e. The molecule has 0 aliphatic carbocycles. The quantitative estimate of drug-likeness (QED) is 0.300. The average molecular weight is 582 g/mol. The molecule has 1 amide bonds. The van der Waals surface area contributed by atoms with Crippen LogP contribution in [0.2, 0.25) is 5.02 Å². The number of aromatic nitrogens is 4. The first kappa shape index (κ1) is 27.6. The summed E-state index contributed by atoms with van der Waals surface area (Å²) in [6, 6.07) is 8.19. The van der Waals surface area contributed by atoms with Gasteiger partial charge in [-0.1, -0.05) is 23.7 Å². The molecule has 0 saturated heterocycles. The summed E-state index contributed by atoms with van der Waals surface area (Å²) in [5.74, 6) is -0.285. The second-order valence-corrected chi connectivity index (χ2v) is 9.68. The molecule has 0 saturated carbocycles. The number of alkyl halides is 5. The highest BCUT2D eigenvalue weighted by molar-refractivity contribution is 6.31. The lowest BCUT2D eigenvalue weighted by Gasteiger charge is -2.27. The van der Waals surface area contributed by atoms with Gasteiger partial charge in [0.15, 0.2) is 0 Å². The first-order chi connectivity index (χ1) is 18.8. The standard InChI is InChI=1S/C26H21ClF5N5O3/c1-13(15-3-6-17(7-4-15)40-25(28)29)36-24(39)22-18-12-35(10-9-21(18)34-37(22)14(2)33-36)23(38)16-5-8-20(27)19(11-16)26(30,31)32/h3-8,11,13,25H,9-10,12H2,1-2H3/t13-/m0/s1. The summed E-state index contributed by atoms with van der Waals surface area (Å²) >= 11 is 5.70. The van der Waals surface area contributed by atoms with Crippen LogP contribution >= 0.6 is 11.6 Å². The minimum Gasteiger partial charge on any atom is -0.435 e. The number of carbonyl (C=O) groups excluding carboxylic acids is 1. The number of hydrogen-bond acceptors (Lipinski definition) is 5. The SMILES string of the molecule is Cc1nn([C@@H](C)c2ccc(OC(F)F)cc2)c(=O)c2c3c(nn12)CCN(C(=O)c1ccc(Cl)c(C(F)(F)F)c1)C3. The van der Waals surface area contributed by atoms with Gasteiger partial charge in [-0.05, 0) is 49.7 Å². The van der Waals surface area contributed by atoms with Crippen molar-refractivity contribution < 1.29 is 31.5 Å². The Kier molecular flexibility index (Phi) is 7.02. The van der Waals surface area contributed by atoms with Gasteiger partial charge in [0.05, 0.1) is 28.9 Å². The number of rotatable bonds is 5. The van der Waals surface area contributed by atoms with E-state index in [4.69, 9.17) is 11.6 Å². The molecule has 0 unspecified atom stereocenters. The zero-order valence-electron chi connectivity index (χ0n) is 21.0. The van der Waals surface area contributed by atoms with Crippen molar-refractivity contribution in [3.8, 4) is 5.75 Å². The molecule has 5 rings (SSSR count). The maximum absolute atomic E-state index is 13.7. The predicted octanol–water partition coefficient (Wildman–Crippen LogP) is 5.28. The monoisotopic (exact) mass is 581 g/mol. The fraction of sp³-hybridized carbons (Fsp3) is 0.308. The summed E-state index contributed by atoms with van der Waals surface area (Å²) in [7, 11) is 0. The molecule has 40 heavy (non-hydrogen) atoms. The average Bonchev–Trinajstić information content (AvgIpc) is 3.29. The van der Waals surface area contributed by atoms with E-state index in [0.29, 0.717) is 22.6 Å². The fourth-order valence-electron chi connectivity index (χ4n) is 4.74. The molecule has 1 atom stereocenters. The van der Waals surface area contributed by atoms with Gasteiger partial charge in [-0.2, -0.15) is 32.1 Å². The number of aryl methyl sites for hydroxylation is 1. The highest BCUT2D eigenvalue weighted by Gasteiger charge is 2.35. The Labute approximate surface area is 228 Å². The van der Waals surface area contributed by atoms with Gasteiger partial charge in [0, 0.05) is 24.1 Å². The lowest BCUT2D eigenvalue weighted by Crippen LogP contribution is -2.36. The maximum atomic E-state index is 13.7. The van der Waals surface area contributed by atoms with Crippen LogP contribution in [0, 0.1) is 6.92 Å². The summed E-state index contributed by atoms with van der Waals surface area (Å²) in [4.78, 5) is 28.2. The molecule has 210 valence electrons. The molecule has 2 aromatic carbocycles. The van der Waals surface area contributed by atoms with E-state index in [-0.39, 0.29) is 36.3 Å². The highest BCUT2D eigenvalue weighted by atomic mass is 35.5. The second kappa shape index (κ2) is 10.2. The summed E-state index contributed by atoms with van der Waals surface area (Å²) in [6.45, 7) is 0.537. The summed E-state index contributed by atoms with van der Waals surface area (Å²) in [5.41, 5.74) is 0.0597. The number of fused-ring (bicyclic) bond motifs is 3. The highest BCUT2D eigenvalue weighted by Crippen LogP contribution is 2.35. The third kappa shape index (κ3) is 5.01. The molecule has 14 heteroatoms. The van der Waals surface area contributed by atoms with Crippen molar-refractivity contribution in [3.05, 3.63) is 91.6 Å². The number of hydrogen-bond donors (Lipinski definition) is 0. The minimum absolute atomic E-state index is 0.0319. The fourth-order valence-corrected chi connectivity index (χ4v) is 4.97. The zero-order chi connectivity index (χ0) is 28.9. The summed E-state index contributed by atoms with van der Waals surface area (Å²) in [5, 5.41) is 8.37. The second-order valence-electron chi connectivity index (χ2n) is 9.28. The van der Waals surface area contributed by atoms with Gasteiger partial charge >= 0.3 is 12.8 Å². The Hall–Kier alpha value is -4.00. The first-order valence-corrected chi connectivity index (χ1v) is 12.4. The van der Waals surface area contributed by atoms with Gasteiger partial charge in [0.25, 0.3) is 11.5 Å². The van der Waals surface area contributed by atoms with Crippen LogP contribution in [0.1, 0.15) is 51.5 Å². The van der Waals surface area contributed by atoms with Crippen molar-refractivity contribution in [1.82, 2.24) is 24.3 Å². The van der Waals surface area contributed by atoms with Crippen molar-refractivity contribution in [2.45, 2.75) is 45.6 Å². The minimum atomic E-state index is -4.73. The van der Waals surface area contributed by atoms with Crippen molar-refractivity contribution in [2.75, 3.05) is 6.54 Å². The van der Waals surface area contributed by atoms with Crippen LogP contribution in [0.4, 0.5) is 22.0 Å². The number of ether oxygens (including phenoxy) is 1. The predicted molar refractivity (Wildman–Crippen MR) is 134 cm³/mol. The van der Waals surface area contributed by atoms with Crippen LogP contribution < -0.4 is 10.3 Å². The van der Waals surface area contributed by atoms with Gasteiger partial charge in [-0.15, -0.1) is 0 Å². The smallest absolute Gasteiger partial charge is 0.417 e. The molecule has 0 spiro atoms. The van der Waals surface area contributed by atoms with Gasteiger partial charge < -0.3 is 9.64 Å². The molecule has 0 radical (unpaired) electrons. The van der Waals surface area contributed by atoms with E-state index in [1.807, 2.05) is 0 Å². The number of amides is 1. The van der Waals surface area contributed by atoms with E-state index in [9.17, 15) is 31.5 Å². The number of carbonyl (C=O) groups is 1. The molecular formula is C26H21ClF5N5O3. The third-order valence-electron chi connectivity index (χ3n) is 6.76. The Morgan fingerprint density at radius 1 is 1.10 bits per heavy atom. The van der Waals surface area contributed by atoms with Gasteiger partial charge in [0.1, 0.15) is 17.1 Å². The Morgan fingerprint density at radius 2 is 1.80 bits per heavy atom. The molecule has 1 aliphatic heterocycles. The van der Waals surface area contributed by atoms with Crippen LogP contribution in [-0.4, -0.2) is 43.4 Å². The maximum Gasteiger partial charge on any atom is 0.417 e. The number of nitrogens with zero attached hydrogens (tertiary/aromatic N) is 5. The Balaban J connectivity index is 1.49. The Morgan fingerprint density at radius 3 is 2.45 bits per heavy atom. The molecule has 3 heterocycles. The summed E-state index contributed by atoms with van der Waals surface area (Å²) in [6.07, 6.45) is -4.45. The van der Waals surface area contributed by atoms with E-state index in [2.05, 4.69) is 14.9 Å². The van der Waals surface area contributed by atoms with Crippen LogP contribution in [0.5, 0.6) is 5.75 Å². The number of halogens is 6. The topological polar surface area (TPSA) is 81.7 Å². The molecule has 0 bridgehead atoms. The van der Waals surface area contributed by atoms with Crippen molar-refractivity contribution in [2.24, 2.45) is 0 Å². The zero-order valence-corrected chi connectivity index (χ0v) is 21.8. The van der Waals surface area contributed by atoms with E-state index in [1.165, 1.54) is 32.3 Å². The normalized spacial score (nSPS) is 14.5. The van der Waals surface area contributed by atoms with Crippen LogP contribution in [-0.2, 0) is 19.1 Å². The van der Waals surface area contributed by atoms with Gasteiger partial charge in [-0.25, -0.2) is 9.20 Å². The Bertz CT molecular complexity index is 1670. The molecule has 2 aromatic heterocycles. The van der Waals surface area contributed by atoms with E-state index < -0.39 is 40.9 Å². The first-order valence-electron chi connectivity index (χ1n) is 12.1. The van der Waals surface area contributed by atoms with Gasteiger partial charge in [0.2, 0.25) is 0 Å². The lowest BCUT2D eigenvalue weighted by atomic mass is 10.0. The van der Waals surface area contributed by atoms with Crippen LogP contribution in [0.3, 0.4) is 0 Å². The molecular weight excluding hydrogens is 561 g/mol. The van der Waals surface area contributed by atoms with Crippen molar-refractivity contribution >= 4 is 23.0 Å². The van der Waals surface area contributed by atoms with Crippen LogP contribution in [0.15, 0.2) is 47.3 Å². The van der Waals surface area contributed by atoms with Crippen molar-refractivity contribution in [1.29, 1.82) is 0 Å². The molecule has 8 nitrogen and oxygen atoms in total. The molecule has 1 aliphatic rings. The number of benzene rings is 2. The van der Waals surface area contributed by atoms with Crippen molar-refractivity contribution in [3.63, 3.8) is 0 Å². The van der Waals surface area contributed by atoms with E-state index in [1.54, 1.807) is 26.0 Å². The molecule has 0 N–H and O–H groups in total. The molecule has 0 fully saturated rings.